The zero-order valence-corrected chi connectivity index (χ0v) is 13.1. The minimum atomic E-state index is -3.54. The highest BCUT2D eigenvalue weighted by atomic mass is 32.2. The Balaban J connectivity index is 2.47. The number of hydrogen-bond donors (Lipinski definition) is 2. The number of anilines is 2. The second-order valence-corrected chi connectivity index (χ2v) is 7.32. The smallest absolute Gasteiger partial charge is 0.242 e. The lowest BCUT2D eigenvalue weighted by molar-refractivity contribution is -0.122. The summed E-state index contributed by atoms with van der Waals surface area (Å²) in [7, 11) is -0.586. The van der Waals surface area contributed by atoms with Crippen LogP contribution in [0.25, 0.3) is 0 Å². The van der Waals surface area contributed by atoms with Crippen molar-refractivity contribution in [2.24, 2.45) is 0 Å². The number of nitrogens with zero attached hydrogens (tertiary/aromatic N) is 2. The Morgan fingerprint density at radius 1 is 1.38 bits per heavy atom. The van der Waals surface area contributed by atoms with Gasteiger partial charge in [-0.25, -0.2) is 12.7 Å². The average molecular weight is 312 g/mol. The van der Waals surface area contributed by atoms with Crippen LogP contribution in [0.3, 0.4) is 0 Å². The van der Waals surface area contributed by atoms with Gasteiger partial charge in [0.1, 0.15) is 6.04 Å². The van der Waals surface area contributed by atoms with E-state index in [0.29, 0.717) is 24.5 Å². The third-order valence-corrected chi connectivity index (χ3v) is 5.40. The molecule has 1 aliphatic rings. The van der Waals surface area contributed by atoms with Crippen LogP contribution in [0.4, 0.5) is 11.4 Å². The summed E-state index contributed by atoms with van der Waals surface area (Å²) < 4.78 is 25.6. The van der Waals surface area contributed by atoms with Gasteiger partial charge in [0.25, 0.3) is 0 Å². The first-order chi connectivity index (χ1) is 9.75. The van der Waals surface area contributed by atoms with Crippen LogP contribution in [0.2, 0.25) is 0 Å². The molecule has 1 aromatic rings. The molecule has 21 heavy (non-hydrogen) atoms. The first-order valence-corrected chi connectivity index (χ1v) is 8.05. The zero-order chi connectivity index (χ0) is 15.8. The summed E-state index contributed by atoms with van der Waals surface area (Å²) in [4.78, 5) is 13.7. The summed E-state index contributed by atoms with van der Waals surface area (Å²) >= 11 is 0. The van der Waals surface area contributed by atoms with E-state index in [1.165, 1.54) is 26.2 Å². The molecular formula is C13H20N4O3S. The Morgan fingerprint density at radius 2 is 2.05 bits per heavy atom. The molecule has 0 bridgehead atoms. The molecule has 0 saturated carbocycles. The molecule has 1 atom stereocenters. The van der Waals surface area contributed by atoms with Crippen molar-refractivity contribution in [3.8, 4) is 0 Å². The quantitative estimate of drug-likeness (QED) is 0.756. The van der Waals surface area contributed by atoms with Crippen LogP contribution >= 0.6 is 0 Å². The molecule has 116 valence electrons. The number of carbonyl (C=O) groups is 1. The lowest BCUT2D eigenvalue weighted by atomic mass is 10.1. The zero-order valence-electron chi connectivity index (χ0n) is 12.3. The highest BCUT2D eigenvalue weighted by molar-refractivity contribution is 7.89. The van der Waals surface area contributed by atoms with E-state index in [4.69, 9.17) is 5.73 Å². The van der Waals surface area contributed by atoms with Gasteiger partial charge in [0.2, 0.25) is 15.9 Å². The van der Waals surface area contributed by atoms with Gasteiger partial charge in [-0.15, -0.1) is 0 Å². The van der Waals surface area contributed by atoms with E-state index >= 15 is 0 Å². The summed E-state index contributed by atoms with van der Waals surface area (Å²) in [5.41, 5.74) is 6.99. The van der Waals surface area contributed by atoms with Gasteiger partial charge >= 0.3 is 0 Å². The fraction of sp³-hybridized carbons (Fsp3) is 0.462. The lowest BCUT2D eigenvalue weighted by Gasteiger charge is -2.35. The van der Waals surface area contributed by atoms with Gasteiger partial charge in [-0.1, -0.05) is 0 Å². The molecule has 0 aromatic heterocycles. The Hall–Kier alpha value is -1.80. The largest absolute Gasteiger partial charge is 0.397 e. The number of nitrogens with two attached hydrogens (primary N) is 1. The summed E-state index contributed by atoms with van der Waals surface area (Å²) in [5.74, 6) is -0.0958. The van der Waals surface area contributed by atoms with E-state index in [-0.39, 0.29) is 10.8 Å². The summed E-state index contributed by atoms with van der Waals surface area (Å²) in [6.45, 7) is 2.86. The normalized spacial score (nSPS) is 19.7. The molecule has 1 saturated heterocycles. The Morgan fingerprint density at radius 3 is 2.67 bits per heavy atom. The Labute approximate surface area is 124 Å². The van der Waals surface area contributed by atoms with E-state index in [9.17, 15) is 13.2 Å². The predicted octanol–water partition coefficient (Wildman–Crippen LogP) is -0.156. The van der Waals surface area contributed by atoms with Crippen molar-refractivity contribution < 1.29 is 13.2 Å². The van der Waals surface area contributed by atoms with Crippen molar-refractivity contribution >= 4 is 27.3 Å². The first kappa shape index (κ1) is 15.6. The topological polar surface area (TPSA) is 95.7 Å². The number of nitrogen functional groups attached to an aromatic ring is 1. The standard InChI is InChI=1S/C13H20N4O3S/c1-9-13(18)15-6-7-17(9)12-8-10(4-5-11(12)14)21(19,20)16(2)3/h4-5,8-9H,6-7,14H2,1-3H3,(H,15,18). The number of amides is 1. The van der Waals surface area contributed by atoms with Gasteiger partial charge < -0.3 is 16.0 Å². The first-order valence-electron chi connectivity index (χ1n) is 6.61. The number of rotatable bonds is 3. The van der Waals surface area contributed by atoms with Gasteiger partial charge in [-0.2, -0.15) is 0 Å². The van der Waals surface area contributed by atoms with Gasteiger partial charge in [0.15, 0.2) is 0 Å². The number of sulfonamides is 1. The summed E-state index contributed by atoms with van der Waals surface area (Å²) in [6.07, 6.45) is 0. The maximum absolute atomic E-state index is 12.2. The molecular weight excluding hydrogens is 292 g/mol. The molecule has 3 N–H and O–H groups in total. The molecule has 1 fully saturated rings. The van der Waals surface area contributed by atoms with Crippen molar-refractivity contribution in [3.05, 3.63) is 18.2 Å². The van der Waals surface area contributed by atoms with E-state index in [1.807, 2.05) is 4.90 Å². The number of benzene rings is 1. The molecule has 1 heterocycles. The van der Waals surface area contributed by atoms with E-state index in [1.54, 1.807) is 13.0 Å². The fourth-order valence-electron chi connectivity index (χ4n) is 2.26. The third kappa shape index (κ3) is 2.81. The third-order valence-electron chi connectivity index (χ3n) is 3.59. The van der Waals surface area contributed by atoms with Gasteiger partial charge in [0, 0.05) is 27.2 Å². The van der Waals surface area contributed by atoms with Crippen molar-refractivity contribution in [2.75, 3.05) is 37.8 Å². The van der Waals surface area contributed by atoms with Crippen LogP contribution in [0, 0.1) is 0 Å². The van der Waals surface area contributed by atoms with Crippen LogP contribution < -0.4 is 16.0 Å². The molecule has 0 aliphatic carbocycles. The van der Waals surface area contributed by atoms with Crippen LogP contribution in [0.5, 0.6) is 0 Å². The Bertz CT molecular complexity index is 657. The SMILES string of the molecule is CC1C(=O)NCCN1c1cc(S(=O)(=O)N(C)C)ccc1N. The highest BCUT2D eigenvalue weighted by Gasteiger charge is 2.28. The number of hydrogen-bond acceptors (Lipinski definition) is 5. The van der Waals surface area contributed by atoms with Crippen molar-refractivity contribution in [1.29, 1.82) is 0 Å². The van der Waals surface area contributed by atoms with E-state index in [2.05, 4.69) is 5.32 Å². The molecule has 0 spiro atoms. The monoisotopic (exact) mass is 312 g/mol. The molecule has 1 aliphatic heterocycles. The Kier molecular flexibility index (Phi) is 4.11. The maximum atomic E-state index is 12.2. The van der Waals surface area contributed by atoms with Crippen LogP contribution in [0.1, 0.15) is 6.92 Å². The average Bonchev–Trinajstić information content (AvgIpc) is 2.42. The van der Waals surface area contributed by atoms with Gasteiger partial charge in [0.05, 0.1) is 16.3 Å². The predicted molar refractivity (Wildman–Crippen MR) is 81.5 cm³/mol. The van der Waals surface area contributed by atoms with Gasteiger partial charge in [-0.05, 0) is 25.1 Å². The second kappa shape index (κ2) is 5.53. The lowest BCUT2D eigenvalue weighted by Crippen LogP contribution is -2.54. The molecule has 7 nitrogen and oxygen atoms in total. The van der Waals surface area contributed by atoms with E-state index in [0.717, 1.165) is 4.31 Å². The molecule has 2 rings (SSSR count). The van der Waals surface area contributed by atoms with Crippen molar-refractivity contribution in [1.82, 2.24) is 9.62 Å². The van der Waals surface area contributed by atoms with Crippen LogP contribution in [-0.2, 0) is 14.8 Å². The fourth-order valence-corrected chi connectivity index (χ4v) is 3.18. The summed E-state index contributed by atoms with van der Waals surface area (Å²) in [6, 6.07) is 4.17. The minimum absolute atomic E-state index is 0.0958. The maximum Gasteiger partial charge on any atom is 0.242 e. The highest BCUT2D eigenvalue weighted by Crippen LogP contribution is 2.29. The van der Waals surface area contributed by atoms with Crippen LogP contribution in [0.15, 0.2) is 23.1 Å². The molecule has 0 radical (unpaired) electrons. The van der Waals surface area contributed by atoms with E-state index < -0.39 is 16.1 Å². The number of carbonyl (C=O) groups excluding carboxylic acids is 1. The molecule has 1 aromatic carbocycles. The number of nitrogens with one attached hydrogen (secondary N) is 1. The van der Waals surface area contributed by atoms with Gasteiger partial charge in [-0.3, -0.25) is 4.79 Å². The van der Waals surface area contributed by atoms with Crippen LogP contribution in [-0.4, -0.2) is 51.9 Å². The molecule has 1 amide bonds. The summed E-state index contributed by atoms with van der Waals surface area (Å²) in [5, 5.41) is 2.77. The number of piperazine rings is 1. The van der Waals surface area contributed by atoms with Crippen molar-refractivity contribution in [3.63, 3.8) is 0 Å². The van der Waals surface area contributed by atoms with Crippen molar-refractivity contribution in [2.45, 2.75) is 17.9 Å². The molecule has 8 heteroatoms. The second-order valence-electron chi connectivity index (χ2n) is 5.17. The minimum Gasteiger partial charge on any atom is -0.397 e. The molecule has 1 unspecified atom stereocenters.